The zero-order valence-corrected chi connectivity index (χ0v) is 12.5. The van der Waals surface area contributed by atoms with Crippen LogP contribution in [0.1, 0.15) is 5.56 Å². The number of ether oxygens (including phenoxy) is 1. The fourth-order valence-corrected chi connectivity index (χ4v) is 2.62. The number of nitrogens with two attached hydrogens (primary N) is 1. The van der Waals surface area contributed by atoms with Crippen LogP contribution >= 0.6 is 31.9 Å². The first-order chi connectivity index (χ1) is 8.58. The van der Waals surface area contributed by atoms with Crippen LogP contribution in [0.3, 0.4) is 0 Å². The predicted molar refractivity (Wildman–Crippen MR) is 77.0 cm³/mol. The molecule has 0 unspecified atom stereocenters. The third-order valence-corrected chi connectivity index (χ3v) is 3.50. The highest BCUT2D eigenvalue weighted by molar-refractivity contribution is 9.11. The van der Waals surface area contributed by atoms with Crippen LogP contribution in [-0.2, 0) is 6.61 Å². The van der Waals surface area contributed by atoms with Crippen molar-refractivity contribution in [1.29, 1.82) is 0 Å². The lowest BCUT2D eigenvalue weighted by molar-refractivity contribution is 0.298. The van der Waals surface area contributed by atoms with Gasteiger partial charge in [-0.2, -0.15) is 0 Å². The van der Waals surface area contributed by atoms with E-state index in [2.05, 4.69) is 31.9 Å². The predicted octanol–water partition coefficient (Wildman–Crippen LogP) is 4.51. The van der Waals surface area contributed by atoms with Gasteiger partial charge in [0, 0.05) is 10.0 Å². The van der Waals surface area contributed by atoms with Gasteiger partial charge in [0.25, 0.3) is 0 Å². The monoisotopic (exact) mass is 373 g/mol. The minimum absolute atomic E-state index is 0.131. The summed E-state index contributed by atoms with van der Waals surface area (Å²) < 4.78 is 20.9. The van der Waals surface area contributed by atoms with Gasteiger partial charge in [0.05, 0.1) is 10.2 Å². The number of halogens is 3. The van der Waals surface area contributed by atoms with Crippen molar-refractivity contribution in [3.63, 3.8) is 0 Å². The highest BCUT2D eigenvalue weighted by Gasteiger charge is 2.07. The molecule has 2 aromatic rings. The van der Waals surface area contributed by atoms with Gasteiger partial charge < -0.3 is 10.5 Å². The molecule has 0 bridgehead atoms. The summed E-state index contributed by atoms with van der Waals surface area (Å²) in [5.74, 6) is 0.228. The Kier molecular flexibility index (Phi) is 4.24. The fourth-order valence-electron chi connectivity index (χ4n) is 1.46. The van der Waals surface area contributed by atoms with Crippen LogP contribution in [0.4, 0.5) is 10.1 Å². The molecule has 0 aliphatic rings. The van der Waals surface area contributed by atoms with Crippen molar-refractivity contribution in [2.45, 2.75) is 6.61 Å². The summed E-state index contributed by atoms with van der Waals surface area (Å²) in [4.78, 5) is 0. The molecule has 0 atom stereocenters. The van der Waals surface area contributed by atoms with Crippen LogP contribution in [-0.4, -0.2) is 0 Å². The highest BCUT2D eigenvalue weighted by atomic mass is 79.9. The van der Waals surface area contributed by atoms with Gasteiger partial charge in [-0.05, 0) is 40.2 Å². The first kappa shape index (κ1) is 13.4. The van der Waals surface area contributed by atoms with E-state index >= 15 is 0 Å². The van der Waals surface area contributed by atoms with Crippen LogP contribution in [0.15, 0.2) is 45.3 Å². The number of hydrogen-bond donors (Lipinski definition) is 1. The van der Waals surface area contributed by atoms with Crippen molar-refractivity contribution in [1.82, 2.24) is 0 Å². The van der Waals surface area contributed by atoms with Crippen LogP contribution in [0.2, 0.25) is 0 Å². The van der Waals surface area contributed by atoms with Crippen molar-refractivity contribution in [2.75, 3.05) is 5.73 Å². The van der Waals surface area contributed by atoms with Gasteiger partial charge in [0.2, 0.25) is 0 Å². The molecule has 0 spiro atoms. The Hall–Kier alpha value is -1.07. The van der Waals surface area contributed by atoms with E-state index in [9.17, 15) is 4.39 Å². The zero-order chi connectivity index (χ0) is 13.1. The van der Waals surface area contributed by atoms with Crippen LogP contribution < -0.4 is 10.5 Å². The maximum atomic E-state index is 13.6. The highest BCUT2D eigenvalue weighted by Crippen LogP contribution is 2.29. The van der Waals surface area contributed by atoms with E-state index in [1.807, 2.05) is 12.1 Å². The average Bonchev–Trinajstić information content (AvgIpc) is 2.33. The van der Waals surface area contributed by atoms with Gasteiger partial charge in [-0.1, -0.05) is 28.1 Å². The maximum absolute atomic E-state index is 13.6. The number of rotatable bonds is 3. The molecule has 2 aromatic carbocycles. The second-order valence-corrected chi connectivity index (χ2v) is 5.45. The fraction of sp³-hybridized carbons (Fsp3) is 0.0769. The number of anilines is 1. The maximum Gasteiger partial charge on any atom is 0.152 e. The Labute approximate surface area is 121 Å². The molecular weight excluding hydrogens is 365 g/mol. The number of hydrogen-bond acceptors (Lipinski definition) is 2. The summed E-state index contributed by atoms with van der Waals surface area (Å²) in [6, 6.07) is 10.4. The molecule has 0 fully saturated rings. The largest absolute Gasteiger partial charge is 0.488 e. The standard InChI is InChI=1S/C13H10Br2FNO/c14-9-4-5-12(10(15)6-9)18-7-8-2-1-3-11(17)13(8)16/h1-6H,7,17H2. The molecule has 0 aliphatic carbocycles. The molecule has 0 aliphatic heterocycles. The molecule has 2 nitrogen and oxygen atoms in total. The minimum atomic E-state index is -0.425. The summed E-state index contributed by atoms with van der Waals surface area (Å²) in [6.07, 6.45) is 0. The van der Waals surface area contributed by atoms with Gasteiger partial charge in [0.1, 0.15) is 12.4 Å². The van der Waals surface area contributed by atoms with E-state index in [0.29, 0.717) is 11.3 Å². The average molecular weight is 375 g/mol. The number of benzene rings is 2. The molecule has 0 aromatic heterocycles. The smallest absolute Gasteiger partial charge is 0.152 e. The van der Waals surface area contributed by atoms with Gasteiger partial charge in [-0.25, -0.2) is 4.39 Å². The Morgan fingerprint density at radius 2 is 1.94 bits per heavy atom. The molecule has 0 saturated heterocycles. The molecule has 94 valence electrons. The van der Waals surface area contributed by atoms with Crippen molar-refractivity contribution >= 4 is 37.5 Å². The minimum Gasteiger partial charge on any atom is -0.488 e. The van der Waals surface area contributed by atoms with Gasteiger partial charge in [-0.15, -0.1) is 0 Å². The van der Waals surface area contributed by atoms with Gasteiger partial charge in [-0.3, -0.25) is 0 Å². The molecule has 18 heavy (non-hydrogen) atoms. The lowest BCUT2D eigenvalue weighted by Crippen LogP contribution is -2.01. The quantitative estimate of drug-likeness (QED) is 0.802. The second-order valence-electron chi connectivity index (χ2n) is 3.68. The molecule has 2 rings (SSSR count). The normalized spacial score (nSPS) is 10.4. The molecule has 0 amide bonds. The Balaban J connectivity index is 2.14. The third-order valence-electron chi connectivity index (χ3n) is 2.39. The zero-order valence-electron chi connectivity index (χ0n) is 9.29. The summed E-state index contributed by atoms with van der Waals surface area (Å²) in [5, 5.41) is 0. The molecule has 2 N–H and O–H groups in total. The summed E-state index contributed by atoms with van der Waals surface area (Å²) in [7, 11) is 0. The van der Waals surface area contributed by atoms with Crippen LogP contribution in [0.25, 0.3) is 0 Å². The van der Waals surface area contributed by atoms with Crippen molar-refractivity contribution in [3.05, 3.63) is 56.7 Å². The van der Waals surface area contributed by atoms with E-state index in [1.165, 1.54) is 6.07 Å². The molecule has 0 saturated carbocycles. The SMILES string of the molecule is Nc1cccc(COc2ccc(Br)cc2Br)c1F. The number of nitrogen functional groups attached to an aromatic ring is 1. The van der Waals surface area contributed by atoms with Crippen LogP contribution in [0.5, 0.6) is 5.75 Å². The van der Waals surface area contributed by atoms with Crippen molar-refractivity contribution in [3.8, 4) is 5.75 Å². The summed E-state index contributed by atoms with van der Waals surface area (Å²) in [6.45, 7) is 0.136. The van der Waals surface area contributed by atoms with Gasteiger partial charge in [0.15, 0.2) is 5.82 Å². The van der Waals surface area contributed by atoms with Gasteiger partial charge >= 0.3 is 0 Å². The van der Waals surface area contributed by atoms with E-state index in [1.54, 1.807) is 18.2 Å². The molecule has 0 radical (unpaired) electrons. The Bertz CT molecular complexity index is 575. The third kappa shape index (κ3) is 3.03. The lowest BCUT2D eigenvalue weighted by atomic mass is 10.2. The van der Waals surface area contributed by atoms with Crippen LogP contribution in [0, 0.1) is 5.82 Å². The van der Waals surface area contributed by atoms with E-state index in [4.69, 9.17) is 10.5 Å². The second kappa shape index (κ2) is 5.71. The first-order valence-electron chi connectivity index (χ1n) is 5.18. The van der Waals surface area contributed by atoms with Crippen molar-refractivity contribution < 1.29 is 9.13 Å². The molecule has 5 heteroatoms. The Morgan fingerprint density at radius 3 is 2.67 bits per heavy atom. The molecular formula is C13H10Br2FNO. The molecule has 0 heterocycles. The van der Waals surface area contributed by atoms with E-state index in [0.717, 1.165) is 8.95 Å². The first-order valence-corrected chi connectivity index (χ1v) is 6.77. The topological polar surface area (TPSA) is 35.2 Å². The van der Waals surface area contributed by atoms with E-state index in [-0.39, 0.29) is 12.3 Å². The Morgan fingerprint density at radius 1 is 1.17 bits per heavy atom. The van der Waals surface area contributed by atoms with E-state index < -0.39 is 5.82 Å². The summed E-state index contributed by atoms with van der Waals surface area (Å²) in [5.41, 5.74) is 6.06. The summed E-state index contributed by atoms with van der Waals surface area (Å²) >= 11 is 6.73. The lowest BCUT2D eigenvalue weighted by Gasteiger charge is -2.10. The van der Waals surface area contributed by atoms with Crippen molar-refractivity contribution in [2.24, 2.45) is 0 Å².